The molecule has 0 fully saturated rings. The molecule has 6 nitrogen and oxygen atoms in total. The number of hydrogen-bond acceptors (Lipinski definition) is 5. The molecule has 0 bridgehead atoms. The maximum absolute atomic E-state index is 10.3. The van der Waals surface area contributed by atoms with Gasteiger partial charge in [-0.15, -0.1) is 16.8 Å². The van der Waals surface area contributed by atoms with Crippen LogP contribution in [0.25, 0.3) is 0 Å². The standard InChI is InChI=1S/C16H20N4O2/c1-2-4-12-5-3-6-13(16(12)22)9-19-7-8-20-14(10-19)17-18-15(20)11-21/h2-3,5-6,21-22H,1,4,7-11H2. The molecule has 0 aliphatic carbocycles. The Balaban J connectivity index is 1.75. The van der Waals surface area contributed by atoms with Gasteiger partial charge in [-0.25, -0.2) is 0 Å². The normalized spacial score (nSPS) is 14.8. The van der Waals surface area contributed by atoms with Crippen molar-refractivity contribution in [1.82, 2.24) is 19.7 Å². The molecule has 2 aromatic rings. The second kappa shape index (κ2) is 6.29. The van der Waals surface area contributed by atoms with Crippen molar-refractivity contribution in [2.75, 3.05) is 6.54 Å². The van der Waals surface area contributed by atoms with E-state index in [2.05, 4.69) is 21.7 Å². The molecule has 1 aromatic carbocycles. The van der Waals surface area contributed by atoms with Crippen molar-refractivity contribution in [3.8, 4) is 5.75 Å². The predicted octanol–water partition coefficient (Wildman–Crippen LogP) is 1.22. The number of phenolic OH excluding ortho intramolecular Hbond substituents is 1. The monoisotopic (exact) mass is 300 g/mol. The largest absolute Gasteiger partial charge is 0.507 e. The third-order valence-electron chi connectivity index (χ3n) is 4.01. The molecule has 1 aliphatic heterocycles. The number of rotatable bonds is 5. The molecule has 2 heterocycles. The number of hydrogen-bond donors (Lipinski definition) is 2. The van der Waals surface area contributed by atoms with Crippen molar-refractivity contribution in [3.05, 3.63) is 53.6 Å². The number of allylic oxidation sites excluding steroid dienone is 1. The third kappa shape index (κ3) is 2.75. The summed E-state index contributed by atoms with van der Waals surface area (Å²) < 4.78 is 1.96. The molecular weight excluding hydrogens is 280 g/mol. The Morgan fingerprint density at radius 2 is 2.05 bits per heavy atom. The fourth-order valence-corrected chi connectivity index (χ4v) is 2.85. The first-order chi connectivity index (χ1) is 10.7. The van der Waals surface area contributed by atoms with Gasteiger partial charge in [-0.05, 0) is 12.0 Å². The first-order valence-electron chi connectivity index (χ1n) is 7.37. The molecule has 22 heavy (non-hydrogen) atoms. The lowest BCUT2D eigenvalue weighted by atomic mass is 10.1. The number of nitrogens with zero attached hydrogens (tertiary/aromatic N) is 4. The third-order valence-corrected chi connectivity index (χ3v) is 4.01. The molecule has 3 rings (SSSR count). The van der Waals surface area contributed by atoms with E-state index in [9.17, 15) is 10.2 Å². The molecule has 0 spiro atoms. The van der Waals surface area contributed by atoms with Crippen molar-refractivity contribution in [2.45, 2.75) is 32.7 Å². The van der Waals surface area contributed by atoms with Crippen LogP contribution in [-0.2, 0) is 32.7 Å². The quantitative estimate of drug-likeness (QED) is 0.812. The minimum absolute atomic E-state index is 0.0859. The summed E-state index contributed by atoms with van der Waals surface area (Å²) >= 11 is 0. The van der Waals surface area contributed by atoms with E-state index in [0.29, 0.717) is 31.1 Å². The lowest BCUT2D eigenvalue weighted by molar-refractivity contribution is 0.197. The lowest BCUT2D eigenvalue weighted by Crippen LogP contribution is -2.34. The molecule has 2 N–H and O–H groups in total. The van der Waals surface area contributed by atoms with Crippen molar-refractivity contribution in [1.29, 1.82) is 0 Å². The SMILES string of the molecule is C=CCc1cccc(CN2CCn3c(CO)nnc3C2)c1O. The number of fused-ring (bicyclic) bond motifs is 1. The molecule has 1 aliphatic rings. The Hall–Kier alpha value is -2.18. The Morgan fingerprint density at radius 1 is 1.23 bits per heavy atom. The van der Waals surface area contributed by atoms with Gasteiger partial charge in [-0.3, -0.25) is 4.90 Å². The number of para-hydroxylation sites is 1. The number of aromatic hydroxyl groups is 1. The average Bonchev–Trinajstić information content (AvgIpc) is 2.94. The van der Waals surface area contributed by atoms with E-state index in [1.807, 2.05) is 22.8 Å². The minimum Gasteiger partial charge on any atom is -0.507 e. The highest BCUT2D eigenvalue weighted by atomic mass is 16.3. The Morgan fingerprint density at radius 3 is 2.82 bits per heavy atom. The Kier molecular flexibility index (Phi) is 4.22. The van der Waals surface area contributed by atoms with Crippen molar-refractivity contribution < 1.29 is 10.2 Å². The van der Waals surface area contributed by atoms with Crippen LogP contribution >= 0.6 is 0 Å². The van der Waals surface area contributed by atoms with Gasteiger partial charge >= 0.3 is 0 Å². The molecule has 6 heteroatoms. The van der Waals surface area contributed by atoms with Crippen LogP contribution in [0, 0.1) is 0 Å². The Bertz CT molecular complexity index is 681. The van der Waals surface area contributed by atoms with Gasteiger partial charge < -0.3 is 14.8 Å². The van der Waals surface area contributed by atoms with Gasteiger partial charge in [0.25, 0.3) is 0 Å². The van der Waals surface area contributed by atoms with Gasteiger partial charge in [-0.2, -0.15) is 0 Å². The molecule has 116 valence electrons. The minimum atomic E-state index is -0.0859. The van der Waals surface area contributed by atoms with Crippen molar-refractivity contribution >= 4 is 0 Å². The zero-order chi connectivity index (χ0) is 15.5. The molecule has 0 amide bonds. The molecular formula is C16H20N4O2. The van der Waals surface area contributed by atoms with Crippen LogP contribution in [0.5, 0.6) is 5.75 Å². The fraction of sp³-hybridized carbons (Fsp3) is 0.375. The molecule has 0 radical (unpaired) electrons. The topological polar surface area (TPSA) is 74.4 Å². The summed E-state index contributed by atoms with van der Waals surface area (Å²) in [6.45, 7) is 6.55. The molecule has 0 saturated heterocycles. The summed E-state index contributed by atoms with van der Waals surface area (Å²) in [5, 5.41) is 27.7. The average molecular weight is 300 g/mol. The van der Waals surface area contributed by atoms with E-state index in [0.717, 1.165) is 30.0 Å². The van der Waals surface area contributed by atoms with Gasteiger partial charge in [0.2, 0.25) is 0 Å². The molecule has 1 aromatic heterocycles. The van der Waals surface area contributed by atoms with E-state index in [-0.39, 0.29) is 6.61 Å². The van der Waals surface area contributed by atoms with Gasteiger partial charge in [0.15, 0.2) is 5.82 Å². The highest BCUT2D eigenvalue weighted by Crippen LogP contribution is 2.25. The van der Waals surface area contributed by atoms with E-state index >= 15 is 0 Å². The van der Waals surface area contributed by atoms with E-state index in [1.165, 1.54) is 0 Å². The van der Waals surface area contributed by atoms with Gasteiger partial charge in [0.1, 0.15) is 18.2 Å². The zero-order valence-electron chi connectivity index (χ0n) is 12.4. The van der Waals surface area contributed by atoms with Gasteiger partial charge in [0.05, 0.1) is 6.54 Å². The fourth-order valence-electron chi connectivity index (χ4n) is 2.85. The van der Waals surface area contributed by atoms with Crippen LogP contribution in [-0.4, -0.2) is 36.4 Å². The lowest BCUT2D eigenvalue weighted by Gasteiger charge is -2.28. The smallest absolute Gasteiger partial charge is 0.158 e. The summed E-state index contributed by atoms with van der Waals surface area (Å²) in [4.78, 5) is 2.22. The summed E-state index contributed by atoms with van der Waals surface area (Å²) in [5.41, 5.74) is 1.81. The van der Waals surface area contributed by atoms with E-state index in [4.69, 9.17) is 0 Å². The van der Waals surface area contributed by atoms with E-state index < -0.39 is 0 Å². The summed E-state index contributed by atoms with van der Waals surface area (Å²) in [7, 11) is 0. The van der Waals surface area contributed by atoms with Crippen LogP contribution in [0.2, 0.25) is 0 Å². The number of aromatic nitrogens is 3. The Labute approximate surface area is 129 Å². The molecule has 0 unspecified atom stereocenters. The van der Waals surface area contributed by atoms with Crippen LogP contribution < -0.4 is 0 Å². The first-order valence-corrected chi connectivity index (χ1v) is 7.37. The first kappa shape index (κ1) is 14.7. The van der Waals surface area contributed by atoms with Crippen molar-refractivity contribution in [2.24, 2.45) is 0 Å². The summed E-state index contributed by atoms with van der Waals surface area (Å²) in [6, 6.07) is 5.82. The van der Waals surface area contributed by atoms with Crippen LogP contribution in [0.15, 0.2) is 30.9 Å². The second-order valence-electron chi connectivity index (χ2n) is 5.47. The summed E-state index contributed by atoms with van der Waals surface area (Å²) in [6.07, 6.45) is 2.45. The molecule has 0 saturated carbocycles. The molecule has 0 atom stereocenters. The number of aliphatic hydroxyl groups is 1. The zero-order valence-corrected chi connectivity index (χ0v) is 12.4. The van der Waals surface area contributed by atoms with Gasteiger partial charge in [0, 0.05) is 25.2 Å². The number of aliphatic hydroxyl groups excluding tert-OH is 1. The van der Waals surface area contributed by atoms with Crippen LogP contribution in [0.4, 0.5) is 0 Å². The number of benzene rings is 1. The van der Waals surface area contributed by atoms with Gasteiger partial charge in [-0.1, -0.05) is 24.3 Å². The maximum atomic E-state index is 10.3. The highest BCUT2D eigenvalue weighted by molar-refractivity contribution is 5.41. The van der Waals surface area contributed by atoms with Crippen molar-refractivity contribution in [3.63, 3.8) is 0 Å². The van der Waals surface area contributed by atoms with E-state index in [1.54, 1.807) is 6.08 Å². The van der Waals surface area contributed by atoms with Crippen LogP contribution in [0.3, 0.4) is 0 Å². The van der Waals surface area contributed by atoms with Crippen LogP contribution in [0.1, 0.15) is 22.8 Å². The predicted molar refractivity (Wildman–Crippen MR) is 82.1 cm³/mol. The highest BCUT2D eigenvalue weighted by Gasteiger charge is 2.21. The summed E-state index contributed by atoms with van der Waals surface area (Å²) in [5.74, 6) is 1.83. The maximum Gasteiger partial charge on any atom is 0.158 e. The number of phenols is 1. The second-order valence-corrected chi connectivity index (χ2v) is 5.47.